The summed E-state index contributed by atoms with van der Waals surface area (Å²) in [6.45, 7) is 0.444. The largest absolute Gasteiger partial charge is 0.465 e. The van der Waals surface area contributed by atoms with Gasteiger partial charge in [0.05, 0.1) is 0 Å². The quantitative estimate of drug-likeness (QED) is 0.701. The average molecular weight is 166 g/mol. The molecule has 12 heavy (non-hydrogen) atoms. The Labute approximate surface area is 70.3 Å². The van der Waals surface area contributed by atoms with Gasteiger partial charge in [-0.25, -0.2) is 4.79 Å². The third-order valence-corrected chi connectivity index (χ3v) is 1.44. The molecule has 64 valence electrons. The molecule has 0 aliphatic carbocycles. The van der Waals surface area contributed by atoms with Crippen LogP contribution in [0.2, 0.25) is 0 Å². The van der Waals surface area contributed by atoms with Crippen molar-refractivity contribution >= 4 is 6.09 Å². The van der Waals surface area contributed by atoms with Gasteiger partial charge in [0.25, 0.3) is 0 Å². The second-order valence-electron chi connectivity index (χ2n) is 2.34. The molecule has 0 saturated heterocycles. The second-order valence-corrected chi connectivity index (χ2v) is 2.34. The minimum Gasteiger partial charge on any atom is -0.465 e. The van der Waals surface area contributed by atoms with E-state index in [4.69, 9.17) is 5.11 Å². The first-order valence-corrected chi connectivity index (χ1v) is 3.65. The average Bonchev–Trinajstić information content (AvgIpc) is 2.05. The molecule has 1 aromatic rings. The van der Waals surface area contributed by atoms with Crippen LogP contribution in [0.4, 0.5) is 4.79 Å². The van der Waals surface area contributed by atoms with Crippen molar-refractivity contribution in [3.8, 4) is 0 Å². The fourth-order valence-corrected chi connectivity index (χ4v) is 0.863. The summed E-state index contributed by atoms with van der Waals surface area (Å²) in [7, 11) is 0. The number of carbonyl (C=O) groups is 1. The van der Waals surface area contributed by atoms with Gasteiger partial charge in [-0.15, -0.1) is 0 Å². The zero-order valence-electron chi connectivity index (χ0n) is 6.53. The van der Waals surface area contributed by atoms with Crippen LogP contribution < -0.4 is 5.32 Å². The lowest BCUT2D eigenvalue weighted by atomic mass is 10.2. The Balaban J connectivity index is 2.29. The molecular weight excluding hydrogens is 156 g/mol. The number of carboxylic acid groups (broad SMARTS) is 1. The molecule has 0 aliphatic heterocycles. The van der Waals surface area contributed by atoms with Crippen molar-refractivity contribution in [1.29, 1.82) is 0 Å². The van der Waals surface area contributed by atoms with E-state index in [1.54, 1.807) is 12.4 Å². The summed E-state index contributed by atoms with van der Waals surface area (Å²) in [5, 5.41) is 10.6. The SMILES string of the molecule is O=C(O)NCCc1ccncc1. The van der Waals surface area contributed by atoms with Crippen LogP contribution in [-0.4, -0.2) is 22.7 Å². The highest BCUT2D eigenvalue weighted by atomic mass is 16.4. The van der Waals surface area contributed by atoms with Gasteiger partial charge < -0.3 is 10.4 Å². The predicted octanol–water partition coefficient (Wildman–Crippen LogP) is 0.892. The van der Waals surface area contributed by atoms with E-state index in [1.807, 2.05) is 12.1 Å². The van der Waals surface area contributed by atoms with Crippen LogP contribution in [0.1, 0.15) is 5.56 Å². The van der Waals surface area contributed by atoms with Crippen LogP contribution in [0, 0.1) is 0 Å². The van der Waals surface area contributed by atoms with Crippen molar-refractivity contribution in [1.82, 2.24) is 10.3 Å². The van der Waals surface area contributed by atoms with Gasteiger partial charge in [-0.05, 0) is 24.1 Å². The third kappa shape index (κ3) is 3.01. The van der Waals surface area contributed by atoms with E-state index in [1.165, 1.54) is 0 Å². The molecular formula is C8H10N2O2. The highest BCUT2D eigenvalue weighted by molar-refractivity contribution is 5.64. The van der Waals surface area contributed by atoms with Crippen molar-refractivity contribution in [3.05, 3.63) is 30.1 Å². The molecule has 4 nitrogen and oxygen atoms in total. The number of aromatic nitrogens is 1. The van der Waals surface area contributed by atoms with Crippen LogP contribution in [0.25, 0.3) is 0 Å². The van der Waals surface area contributed by atoms with Crippen molar-refractivity contribution in [2.45, 2.75) is 6.42 Å². The predicted molar refractivity (Wildman–Crippen MR) is 44.0 cm³/mol. The number of pyridine rings is 1. The van der Waals surface area contributed by atoms with E-state index in [0.29, 0.717) is 13.0 Å². The van der Waals surface area contributed by atoms with Crippen molar-refractivity contribution in [3.63, 3.8) is 0 Å². The molecule has 4 heteroatoms. The normalized spacial score (nSPS) is 9.33. The molecule has 2 N–H and O–H groups in total. The van der Waals surface area contributed by atoms with E-state index in [9.17, 15) is 4.79 Å². The van der Waals surface area contributed by atoms with Crippen molar-refractivity contribution in [2.24, 2.45) is 0 Å². The molecule has 0 aromatic carbocycles. The Morgan fingerprint density at radius 3 is 2.75 bits per heavy atom. The Morgan fingerprint density at radius 1 is 1.50 bits per heavy atom. The molecule has 0 radical (unpaired) electrons. The van der Waals surface area contributed by atoms with Gasteiger partial charge in [0.1, 0.15) is 0 Å². The van der Waals surface area contributed by atoms with Gasteiger partial charge in [0.15, 0.2) is 0 Å². The fourth-order valence-electron chi connectivity index (χ4n) is 0.863. The molecule has 0 unspecified atom stereocenters. The molecule has 0 aliphatic rings. The lowest BCUT2D eigenvalue weighted by Crippen LogP contribution is -2.23. The molecule has 0 spiro atoms. The third-order valence-electron chi connectivity index (χ3n) is 1.44. The summed E-state index contributed by atoms with van der Waals surface area (Å²) >= 11 is 0. The van der Waals surface area contributed by atoms with E-state index >= 15 is 0 Å². The number of rotatable bonds is 3. The van der Waals surface area contributed by atoms with E-state index < -0.39 is 6.09 Å². The molecule has 0 fully saturated rings. The first-order chi connectivity index (χ1) is 5.79. The summed E-state index contributed by atoms with van der Waals surface area (Å²) < 4.78 is 0. The smallest absolute Gasteiger partial charge is 0.404 e. The van der Waals surface area contributed by atoms with Gasteiger partial charge in [0, 0.05) is 18.9 Å². The second kappa shape index (κ2) is 4.33. The first kappa shape index (κ1) is 8.52. The minimum absolute atomic E-state index is 0.444. The van der Waals surface area contributed by atoms with E-state index in [-0.39, 0.29) is 0 Å². The Morgan fingerprint density at radius 2 is 2.17 bits per heavy atom. The number of hydrogen-bond donors (Lipinski definition) is 2. The van der Waals surface area contributed by atoms with Crippen LogP contribution in [-0.2, 0) is 6.42 Å². The van der Waals surface area contributed by atoms with Gasteiger partial charge in [-0.1, -0.05) is 0 Å². The number of nitrogens with one attached hydrogen (secondary N) is 1. The summed E-state index contributed by atoms with van der Waals surface area (Å²) in [5.74, 6) is 0. The molecule has 1 amide bonds. The van der Waals surface area contributed by atoms with Gasteiger partial charge in [-0.3, -0.25) is 4.98 Å². The van der Waals surface area contributed by atoms with Crippen LogP contribution in [0.15, 0.2) is 24.5 Å². The first-order valence-electron chi connectivity index (χ1n) is 3.65. The summed E-state index contributed by atoms with van der Waals surface area (Å²) in [6.07, 6.45) is 3.10. The Bertz CT molecular complexity index is 248. The van der Waals surface area contributed by atoms with Gasteiger partial charge in [0.2, 0.25) is 0 Å². The van der Waals surface area contributed by atoms with Crippen LogP contribution >= 0.6 is 0 Å². The van der Waals surface area contributed by atoms with Crippen molar-refractivity contribution < 1.29 is 9.90 Å². The molecule has 1 rings (SSSR count). The van der Waals surface area contributed by atoms with Crippen LogP contribution in [0.3, 0.4) is 0 Å². The molecule has 1 aromatic heterocycles. The highest BCUT2D eigenvalue weighted by Crippen LogP contribution is 1.95. The maximum atomic E-state index is 10.1. The summed E-state index contributed by atoms with van der Waals surface area (Å²) in [5.41, 5.74) is 1.08. The molecule has 0 atom stereocenters. The topological polar surface area (TPSA) is 62.2 Å². The molecule has 0 saturated carbocycles. The number of amides is 1. The van der Waals surface area contributed by atoms with Gasteiger partial charge >= 0.3 is 6.09 Å². The van der Waals surface area contributed by atoms with Gasteiger partial charge in [-0.2, -0.15) is 0 Å². The lowest BCUT2D eigenvalue weighted by Gasteiger charge is -1.99. The van der Waals surface area contributed by atoms with Crippen molar-refractivity contribution in [2.75, 3.05) is 6.54 Å². The van der Waals surface area contributed by atoms with E-state index in [2.05, 4.69) is 10.3 Å². The molecule has 1 heterocycles. The standard InChI is InChI=1S/C8H10N2O2/c11-8(12)10-6-3-7-1-4-9-5-2-7/h1-2,4-5,10H,3,6H2,(H,11,12). The highest BCUT2D eigenvalue weighted by Gasteiger charge is 1.94. The lowest BCUT2D eigenvalue weighted by molar-refractivity contribution is 0.194. The maximum absolute atomic E-state index is 10.1. The maximum Gasteiger partial charge on any atom is 0.404 e. The Kier molecular flexibility index (Phi) is 3.07. The number of hydrogen-bond acceptors (Lipinski definition) is 2. The minimum atomic E-state index is -0.982. The fraction of sp³-hybridized carbons (Fsp3) is 0.250. The van der Waals surface area contributed by atoms with Crippen LogP contribution in [0.5, 0.6) is 0 Å². The monoisotopic (exact) mass is 166 g/mol. The zero-order chi connectivity index (χ0) is 8.81. The van der Waals surface area contributed by atoms with E-state index in [0.717, 1.165) is 5.56 Å². The zero-order valence-corrected chi connectivity index (χ0v) is 6.53. The Hall–Kier alpha value is -1.58. The molecule has 0 bridgehead atoms. The number of nitrogens with zero attached hydrogens (tertiary/aromatic N) is 1. The summed E-state index contributed by atoms with van der Waals surface area (Å²) in [4.78, 5) is 13.9. The summed E-state index contributed by atoms with van der Waals surface area (Å²) in [6, 6.07) is 3.73.